The standard InChI is InChI=1S/C2H4F3O6PS/c3-2(4,5)13(9,10)11-1-12(6,7)8/h1H2,(H2,6,7,8). The molecule has 0 aromatic rings. The van der Waals surface area contributed by atoms with Gasteiger partial charge in [0.1, 0.15) is 0 Å². The summed E-state index contributed by atoms with van der Waals surface area (Å²) in [6.45, 7) is 0. The van der Waals surface area contributed by atoms with Crippen molar-refractivity contribution in [3.63, 3.8) is 0 Å². The summed E-state index contributed by atoms with van der Waals surface area (Å²) in [4.78, 5) is 16.0. The summed E-state index contributed by atoms with van der Waals surface area (Å²) in [5, 5.41) is 0. The van der Waals surface area contributed by atoms with Crippen molar-refractivity contribution in [1.82, 2.24) is 0 Å². The lowest BCUT2D eigenvalue weighted by molar-refractivity contribution is -0.0533. The SMILES string of the molecule is O=P(O)(O)COS(=O)(=O)C(F)(F)F. The molecule has 13 heavy (non-hydrogen) atoms. The van der Waals surface area contributed by atoms with Gasteiger partial charge in [-0.05, 0) is 0 Å². The van der Waals surface area contributed by atoms with Crippen LogP contribution in [0.15, 0.2) is 0 Å². The highest BCUT2D eigenvalue weighted by atomic mass is 32.2. The van der Waals surface area contributed by atoms with Gasteiger partial charge in [-0.3, -0.25) is 8.75 Å². The second-order valence-corrected chi connectivity index (χ2v) is 5.01. The first-order valence-corrected chi connectivity index (χ1v) is 5.66. The summed E-state index contributed by atoms with van der Waals surface area (Å²) >= 11 is 0. The summed E-state index contributed by atoms with van der Waals surface area (Å²) in [6.07, 6.45) is -1.82. The highest BCUT2D eigenvalue weighted by molar-refractivity contribution is 7.87. The molecule has 0 rings (SSSR count). The molecular weight excluding hydrogens is 240 g/mol. The van der Waals surface area contributed by atoms with Crippen LogP contribution in [0.1, 0.15) is 0 Å². The van der Waals surface area contributed by atoms with Gasteiger partial charge in [-0.15, -0.1) is 0 Å². The summed E-state index contributed by atoms with van der Waals surface area (Å²) in [5.41, 5.74) is -5.68. The minimum atomic E-state index is -5.92. The van der Waals surface area contributed by atoms with Gasteiger partial charge in [-0.1, -0.05) is 0 Å². The van der Waals surface area contributed by atoms with Crippen LogP contribution < -0.4 is 0 Å². The van der Waals surface area contributed by atoms with Crippen molar-refractivity contribution in [3.05, 3.63) is 0 Å². The van der Waals surface area contributed by atoms with Gasteiger partial charge in [0.25, 0.3) is 0 Å². The molecule has 0 bridgehead atoms. The Kier molecular flexibility index (Phi) is 3.50. The molecule has 0 saturated carbocycles. The Morgan fingerprint density at radius 3 is 1.92 bits per heavy atom. The highest BCUT2D eigenvalue weighted by Crippen LogP contribution is 2.36. The number of alkyl halides is 3. The third-order valence-electron chi connectivity index (χ3n) is 0.660. The Hall–Kier alpha value is -0.150. The molecule has 0 amide bonds. The molecule has 0 aromatic heterocycles. The predicted octanol–water partition coefficient (Wildman–Crippen LogP) is -0.0122. The Morgan fingerprint density at radius 2 is 1.69 bits per heavy atom. The molecule has 0 aliphatic heterocycles. The van der Waals surface area contributed by atoms with Crippen LogP contribution >= 0.6 is 7.60 Å². The fourth-order valence-corrected chi connectivity index (χ4v) is 1.44. The number of hydrogen-bond donors (Lipinski definition) is 2. The minimum Gasteiger partial charge on any atom is -0.323 e. The molecule has 80 valence electrons. The largest absolute Gasteiger partial charge is 0.523 e. The first kappa shape index (κ1) is 12.8. The molecule has 0 fully saturated rings. The molecule has 0 aromatic carbocycles. The molecule has 0 aliphatic rings. The molecule has 11 heteroatoms. The van der Waals surface area contributed by atoms with Crippen molar-refractivity contribution >= 4 is 17.7 Å². The second-order valence-electron chi connectivity index (χ2n) is 1.81. The molecule has 0 atom stereocenters. The molecule has 6 nitrogen and oxygen atoms in total. The maximum atomic E-state index is 11.4. The summed E-state index contributed by atoms with van der Waals surface area (Å²) in [5.74, 6) is 0. The molecule has 2 N–H and O–H groups in total. The van der Waals surface area contributed by atoms with Crippen LogP contribution in [0, 0.1) is 0 Å². The van der Waals surface area contributed by atoms with Gasteiger partial charge in [0.15, 0.2) is 6.35 Å². The van der Waals surface area contributed by atoms with Gasteiger partial charge in [0, 0.05) is 0 Å². The molecule has 0 spiro atoms. The number of halogens is 3. The van der Waals surface area contributed by atoms with Crippen molar-refractivity contribution < 1.29 is 40.1 Å². The quantitative estimate of drug-likeness (QED) is 0.411. The maximum Gasteiger partial charge on any atom is 0.523 e. The number of hydrogen-bond acceptors (Lipinski definition) is 4. The zero-order valence-electron chi connectivity index (χ0n) is 5.72. The Bertz CT molecular complexity index is 311. The fourth-order valence-electron chi connectivity index (χ4n) is 0.205. The minimum absolute atomic E-state index is 1.82. The van der Waals surface area contributed by atoms with Crippen molar-refractivity contribution in [2.45, 2.75) is 5.51 Å². The predicted molar refractivity (Wildman–Crippen MR) is 33.0 cm³/mol. The molecule has 0 aliphatic carbocycles. The first-order valence-electron chi connectivity index (χ1n) is 2.46. The van der Waals surface area contributed by atoms with Crippen molar-refractivity contribution in [2.24, 2.45) is 0 Å². The van der Waals surface area contributed by atoms with Crippen LogP contribution in [0.25, 0.3) is 0 Å². The van der Waals surface area contributed by atoms with E-state index in [4.69, 9.17) is 9.79 Å². The molecule has 0 radical (unpaired) electrons. The number of rotatable bonds is 3. The van der Waals surface area contributed by atoms with E-state index in [0.717, 1.165) is 0 Å². The van der Waals surface area contributed by atoms with Crippen LogP contribution in [0.3, 0.4) is 0 Å². The van der Waals surface area contributed by atoms with Crippen LogP contribution in [0.4, 0.5) is 13.2 Å². The van der Waals surface area contributed by atoms with E-state index in [-0.39, 0.29) is 0 Å². The Morgan fingerprint density at radius 1 is 1.31 bits per heavy atom. The van der Waals surface area contributed by atoms with E-state index in [1.807, 2.05) is 0 Å². The van der Waals surface area contributed by atoms with Gasteiger partial charge < -0.3 is 9.79 Å². The average molecular weight is 244 g/mol. The average Bonchev–Trinajstić information content (AvgIpc) is 1.79. The van der Waals surface area contributed by atoms with E-state index in [2.05, 4.69) is 4.18 Å². The normalized spacial score (nSPS) is 14.5. The van der Waals surface area contributed by atoms with Crippen molar-refractivity contribution in [1.29, 1.82) is 0 Å². The van der Waals surface area contributed by atoms with E-state index in [9.17, 15) is 26.2 Å². The smallest absolute Gasteiger partial charge is 0.323 e. The summed E-state index contributed by atoms with van der Waals surface area (Å²) < 4.78 is 67.3. The Balaban J connectivity index is 4.49. The fraction of sp³-hybridized carbons (Fsp3) is 1.00. The zero-order chi connectivity index (χ0) is 10.9. The molecule has 0 heterocycles. The van der Waals surface area contributed by atoms with Crippen LogP contribution in [0.2, 0.25) is 0 Å². The van der Waals surface area contributed by atoms with Gasteiger partial charge in [-0.2, -0.15) is 21.6 Å². The van der Waals surface area contributed by atoms with Crippen molar-refractivity contribution in [3.8, 4) is 0 Å². The third kappa shape index (κ3) is 4.58. The van der Waals surface area contributed by atoms with E-state index in [1.54, 1.807) is 0 Å². The Labute approximate surface area is 70.6 Å². The topological polar surface area (TPSA) is 101 Å². The van der Waals surface area contributed by atoms with Crippen LogP contribution in [-0.2, 0) is 18.9 Å². The van der Waals surface area contributed by atoms with Gasteiger partial charge >= 0.3 is 23.2 Å². The highest BCUT2D eigenvalue weighted by Gasteiger charge is 2.48. The molecule has 0 saturated heterocycles. The monoisotopic (exact) mass is 244 g/mol. The second kappa shape index (κ2) is 3.54. The van der Waals surface area contributed by atoms with E-state index in [0.29, 0.717) is 0 Å². The van der Waals surface area contributed by atoms with E-state index in [1.165, 1.54) is 0 Å². The maximum absolute atomic E-state index is 11.4. The lowest BCUT2D eigenvalue weighted by atomic mass is 11.6. The van der Waals surface area contributed by atoms with Crippen LogP contribution in [0.5, 0.6) is 0 Å². The third-order valence-corrected chi connectivity index (χ3v) is 2.29. The van der Waals surface area contributed by atoms with Crippen molar-refractivity contribution in [2.75, 3.05) is 6.35 Å². The lowest BCUT2D eigenvalue weighted by Crippen LogP contribution is -2.25. The van der Waals surface area contributed by atoms with Crippen LogP contribution in [-0.4, -0.2) is 30.1 Å². The van der Waals surface area contributed by atoms with E-state index < -0.39 is 29.6 Å². The van der Waals surface area contributed by atoms with Gasteiger partial charge in [-0.25, -0.2) is 0 Å². The lowest BCUT2D eigenvalue weighted by Gasteiger charge is -2.08. The molecular formula is C2H4F3O6PS. The van der Waals surface area contributed by atoms with Gasteiger partial charge in [0.2, 0.25) is 0 Å². The van der Waals surface area contributed by atoms with E-state index >= 15 is 0 Å². The van der Waals surface area contributed by atoms with Gasteiger partial charge in [0.05, 0.1) is 0 Å². The summed E-state index contributed by atoms with van der Waals surface area (Å²) in [7, 11) is -10.9. The first-order chi connectivity index (χ1) is 5.46. The molecule has 0 unspecified atom stereocenters. The summed E-state index contributed by atoms with van der Waals surface area (Å²) in [6, 6.07) is 0. The zero-order valence-corrected chi connectivity index (χ0v) is 7.43.